The van der Waals surface area contributed by atoms with E-state index in [1.807, 2.05) is 19.9 Å². The van der Waals surface area contributed by atoms with Crippen molar-refractivity contribution in [3.63, 3.8) is 0 Å². The van der Waals surface area contributed by atoms with Crippen molar-refractivity contribution in [3.8, 4) is 0 Å². The first-order chi connectivity index (χ1) is 5.02. The van der Waals surface area contributed by atoms with E-state index in [1.54, 1.807) is 6.08 Å². The van der Waals surface area contributed by atoms with E-state index in [1.165, 1.54) is 11.6 Å². The summed E-state index contributed by atoms with van der Waals surface area (Å²) in [5, 5.41) is 0.520. The van der Waals surface area contributed by atoms with Gasteiger partial charge in [-0.05, 0) is 26.0 Å². The van der Waals surface area contributed by atoms with Crippen molar-refractivity contribution in [2.75, 3.05) is 0 Å². The molecule has 3 heteroatoms. The van der Waals surface area contributed by atoms with Crippen LogP contribution < -0.4 is 0 Å². The molecule has 62 valence electrons. The Labute approximate surface area is 82.1 Å². The smallest absolute Gasteiger partial charge is 0.0843 e. The molecule has 0 aromatic rings. The predicted molar refractivity (Wildman–Crippen MR) is 53.2 cm³/mol. The van der Waals surface area contributed by atoms with Gasteiger partial charge in [-0.2, -0.15) is 0 Å². The Balaban J connectivity index is 4.25. The highest BCUT2D eigenvalue weighted by Gasteiger charge is 1.86. The molecule has 0 N–H and O–H groups in total. The normalized spacial score (nSPS) is 10.8. The molecule has 0 amide bonds. The molecule has 0 heterocycles. The summed E-state index contributed by atoms with van der Waals surface area (Å²) in [4.78, 5) is 0. The molecule has 0 fully saturated rings. The van der Waals surface area contributed by atoms with Crippen molar-refractivity contribution in [2.24, 2.45) is 0 Å². The number of hydrogen-bond donors (Lipinski definition) is 0. The molecule has 0 spiro atoms. The molecule has 0 nitrogen and oxygen atoms in total. The fraction of sp³-hybridized carbons (Fsp3) is 0.250. The molecule has 0 atom stereocenters. The van der Waals surface area contributed by atoms with Crippen LogP contribution >= 0.6 is 34.8 Å². The van der Waals surface area contributed by atoms with E-state index in [2.05, 4.69) is 0 Å². The summed E-state index contributed by atoms with van der Waals surface area (Å²) in [6.07, 6.45) is 5.10. The molecule has 0 saturated carbocycles. The monoisotopic (exact) mass is 210 g/mol. The van der Waals surface area contributed by atoms with Gasteiger partial charge in [-0.1, -0.05) is 46.5 Å². The topological polar surface area (TPSA) is 0 Å². The second-order valence-electron chi connectivity index (χ2n) is 2.23. The van der Waals surface area contributed by atoms with E-state index in [0.29, 0.717) is 5.03 Å². The van der Waals surface area contributed by atoms with Crippen LogP contribution in [-0.4, -0.2) is 0 Å². The molecule has 0 aliphatic carbocycles. The standard InChI is InChI=1S/C8H9Cl3/c1-6(2)3-4-7(9)5-8(10)11/h3-5H,1-2H3/b7-4-. The van der Waals surface area contributed by atoms with E-state index in [-0.39, 0.29) is 4.49 Å². The lowest BCUT2D eigenvalue weighted by Crippen LogP contribution is -1.64. The Bertz CT molecular complexity index is 203. The van der Waals surface area contributed by atoms with E-state index in [0.717, 1.165) is 0 Å². The maximum atomic E-state index is 5.69. The van der Waals surface area contributed by atoms with Gasteiger partial charge in [0.2, 0.25) is 0 Å². The van der Waals surface area contributed by atoms with Crippen LogP contribution in [0.5, 0.6) is 0 Å². The van der Waals surface area contributed by atoms with E-state index < -0.39 is 0 Å². The molecule has 0 saturated heterocycles. The van der Waals surface area contributed by atoms with Gasteiger partial charge in [0.15, 0.2) is 0 Å². The van der Waals surface area contributed by atoms with Gasteiger partial charge in [0.05, 0.1) is 0 Å². The average Bonchev–Trinajstić information content (AvgIpc) is 1.82. The molecule has 0 rings (SSSR count). The summed E-state index contributed by atoms with van der Waals surface area (Å²) in [6, 6.07) is 0. The number of rotatable bonds is 2. The van der Waals surface area contributed by atoms with Gasteiger partial charge in [0.1, 0.15) is 4.49 Å². The van der Waals surface area contributed by atoms with Crippen molar-refractivity contribution >= 4 is 34.8 Å². The van der Waals surface area contributed by atoms with Crippen molar-refractivity contribution in [1.29, 1.82) is 0 Å². The zero-order valence-electron chi connectivity index (χ0n) is 6.37. The van der Waals surface area contributed by atoms with Gasteiger partial charge in [-0.3, -0.25) is 0 Å². The average molecular weight is 212 g/mol. The summed E-state index contributed by atoms with van der Waals surface area (Å²) in [5.41, 5.74) is 1.17. The lowest BCUT2D eigenvalue weighted by molar-refractivity contribution is 1.39. The minimum absolute atomic E-state index is 0.161. The molecular formula is C8H9Cl3. The molecule has 0 aliphatic rings. The van der Waals surface area contributed by atoms with Crippen LogP contribution in [0, 0.1) is 0 Å². The van der Waals surface area contributed by atoms with Crippen molar-refractivity contribution in [2.45, 2.75) is 13.8 Å². The van der Waals surface area contributed by atoms with Crippen LogP contribution in [0.1, 0.15) is 13.8 Å². The fourth-order valence-corrected chi connectivity index (χ4v) is 0.918. The highest BCUT2D eigenvalue weighted by Crippen LogP contribution is 2.14. The summed E-state index contributed by atoms with van der Waals surface area (Å²) < 4.78 is 0.161. The first-order valence-electron chi connectivity index (χ1n) is 3.05. The highest BCUT2D eigenvalue weighted by atomic mass is 35.5. The van der Waals surface area contributed by atoms with Crippen molar-refractivity contribution < 1.29 is 0 Å². The number of hydrogen-bond acceptors (Lipinski definition) is 0. The lowest BCUT2D eigenvalue weighted by Gasteiger charge is -1.86. The van der Waals surface area contributed by atoms with Gasteiger partial charge in [0.25, 0.3) is 0 Å². The minimum Gasteiger partial charge on any atom is -0.0843 e. The molecule has 0 bridgehead atoms. The third-order valence-electron chi connectivity index (χ3n) is 0.823. The number of halogens is 3. The summed E-state index contributed by atoms with van der Waals surface area (Å²) in [5.74, 6) is 0. The van der Waals surface area contributed by atoms with Gasteiger partial charge < -0.3 is 0 Å². The molecule has 0 aliphatic heterocycles. The molecule has 0 unspecified atom stereocenters. The molecule has 0 aromatic heterocycles. The Kier molecular flexibility index (Phi) is 5.75. The first kappa shape index (κ1) is 11.1. The summed E-state index contributed by atoms with van der Waals surface area (Å²) in [7, 11) is 0. The lowest BCUT2D eigenvalue weighted by atomic mass is 10.3. The van der Waals surface area contributed by atoms with Gasteiger partial charge in [-0.25, -0.2) is 0 Å². The molecule has 11 heavy (non-hydrogen) atoms. The molecular weight excluding hydrogens is 202 g/mol. The van der Waals surface area contributed by atoms with Gasteiger partial charge in [-0.15, -0.1) is 0 Å². The van der Waals surface area contributed by atoms with E-state index in [9.17, 15) is 0 Å². The largest absolute Gasteiger partial charge is 0.108 e. The SMILES string of the molecule is CC(C)=C/C=C(\Cl)C=C(Cl)Cl. The highest BCUT2D eigenvalue weighted by molar-refractivity contribution is 6.56. The third kappa shape index (κ3) is 7.99. The van der Waals surface area contributed by atoms with Gasteiger partial charge in [0, 0.05) is 5.03 Å². The quantitative estimate of drug-likeness (QED) is 0.594. The van der Waals surface area contributed by atoms with Crippen molar-refractivity contribution in [3.05, 3.63) is 33.3 Å². The van der Waals surface area contributed by atoms with Crippen LogP contribution in [0.4, 0.5) is 0 Å². The minimum atomic E-state index is 0.161. The van der Waals surface area contributed by atoms with E-state index in [4.69, 9.17) is 34.8 Å². The Morgan fingerprint density at radius 1 is 1.00 bits per heavy atom. The zero-order valence-corrected chi connectivity index (χ0v) is 8.63. The second kappa shape index (κ2) is 5.70. The van der Waals surface area contributed by atoms with Crippen LogP contribution in [0.3, 0.4) is 0 Å². The zero-order chi connectivity index (χ0) is 8.85. The third-order valence-corrected chi connectivity index (χ3v) is 1.28. The molecule has 0 aromatic carbocycles. The summed E-state index contributed by atoms with van der Waals surface area (Å²) >= 11 is 16.4. The van der Waals surface area contributed by atoms with E-state index >= 15 is 0 Å². The Morgan fingerprint density at radius 2 is 1.55 bits per heavy atom. The maximum absolute atomic E-state index is 5.69. The van der Waals surface area contributed by atoms with Crippen molar-refractivity contribution in [1.82, 2.24) is 0 Å². The van der Waals surface area contributed by atoms with Crippen LogP contribution in [-0.2, 0) is 0 Å². The van der Waals surface area contributed by atoms with Gasteiger partial charge >= 0.3 is 0 Å². The molecule has 0 radical (unpaired) electrons. The van der Waals surface area contributed by atoms with Crippen LogP contribution in [0.2, 0.25) is 0 Å². The van der Waals surface area contributed by atoms with Crippen LogP contribution in [0.15, 0.2) is 33.3 Å². The Hall–Kier alpha value is 0.0900. The number of allylic oxidation sites excluding steroid dienone is 5. The second-order valence-corrected chi connectivity index (χ2v) is 3.67. The maximum Gasteiger partial charge on any atom is 0.108 e. The fourth-order valence-electron chi connectivity index (χ4n) is 0.399. The predicted octanol–water partition coefficient (Wildman–Crippen LogP) is 4.39. The summed E-state index contributed by atoms with van der Waals surface area (Å²) in [6.45, 7) is 3.96. The first-order valence-corrected chi connectivity index (χ1v) is 4.19. The Morgan fingerprint density at radius 3 is 1.91 bits per heavy atom. The van der Waals surface area contributed by atoms with Crippen LogP contribution in [0.25, 0.3) is 0 Å².